The number of aromatic hydroxyl groups is 2. The number of esters is 14. The van der Waals surface area contributed by atoms with Crippen molar-refractivity contribution in [2.75, 3.05) is 59.5 Å². The first-order chi connectivity index (χ1) is 68.6. The molecular formula is C105H117FN4O32S4. The highest BCUT2D eigenvalue weighted by Gasteiger charge is 2.39. The Morgan fingerprint density at radius 3 is 0.815 bits per heavy atom. The number of nitrogens with zero attached hydrogens (tertiary/aromatic N) is 4. The molecule has 5 aromatic rings. The summed E-state index contributed by atoms with van der Waals surface area (Å²) < 4.78 is 75.8. The second-order valence-electron chi connectivity index (χ2n) is 36.0. The normalized spacial score (nSPS) is 16.2. The summed E-state index contributed by atoms with van der Waals surface area (Å²) in [5.41, 5.74) is 0.440. The van der Waals surface area contributed by atoms with Crippen LogP contribution in [0.5, 0.6) is 40.2 Å². The predicted molar refractivity (Wildman–Crippen MR) is 528 cm³/mol. The standard InChI is InChI=1S/C66H72N2O20S2.C28H36O10.C10H4N2O2S2.CH4.FH/c1-8-52(69)81-37-65(3,4)39-83-56(73)30-28-54(71)79-34-32-41-10-22-47(23-11-41)85-60(75)43-14-18-45(19-15-43)62(77)87-50-26-27-51(59-58(50)89-64(90-59)49(36-67)68-7)88-63(78)46-20-16-44(17-21-46)61(76)86-48-24-12-42(13-25-48)33-35-80-55(72)29-31-57(74)84-40-66(5,6)38-82-53(70)9-2;1-4-23(29)36-17-28(2,3)18-37-25(31)14-13-24(30)35-16-15-19-5-11-22(12-6-19)38-27(34)21-9-7-20(8-10-21)26(32)33;1-12-5(4-11)10-15-8-6(13)2-3-7(14)9(8)16-10;;/h8-13,22-27,43-46H,1-2,14-21,28-35,37-40H2,3-6H3;4-6,11-12,20-21H,1,7-10,13-18H2,2-3H3,(H,32,33);2-3,13-14H;1H4;1H. The number of carbonyl (C=O) groups is 15. The molecule has 5 aromatic carbocycles. The van der Waals surface area contributed by atoms with E-state index < -0.39 is 123 Å². The molecule has 0 saturated heterocycles. The number of benzene rings is 5. The molecule has 0 aromatic heterocycles. The highest BCUT2D eigenvalue weighted by Crippen LogP contribution is 2.60. The summed E-state index contributed by atoms with van der Waals surface area (Å²) in [6.45, 7) is 35.3. The zero-order chi connectivity index (χ0) is 105. The minimum Gasteiger partial charge on any atom is -0.507 e. The van der Waals surface area contributed by atoms with Crippen molar-refractivity contribution in [3.05, 3.63) is 194 Å². The first-order valence-corrected chi connectivity index (χ1v) is 49.3. The number of rotatable bonds is 44. The molecule has 146 heavy (non-hydrogen) atoms. The number of carboxylic acid groups (broad SMARTS) is 1. The number of thioether (sulfide) groups is 4. The molecule has 36 nitrogen and oxygen atoms in total. The summed E-state index contributed by atoms with van der Waals surface area (Å²) in [5.74, 6) is -9.53. The second-order valence-corrected chi connectivity index (χ2v) is 40.6. The molecular weight excluding hydrogens is 1980 g/mol. The van der Waals surface area contributed by atoms with Gasteiger partial charge in [0.2, 0.25) is 0 Å². The van der Waals surface area contributed by atoms with Gasteiger partial charge >= 0.3 is 89.5 Å². The quantitative estimate of drug-likeness (QED) is 0.00620. The molecule has 0 unspecified atom stereocenters. The molecule has 3 aliphatic carbocycles. The van der Waals surface area contributed by atoms with Crippen molar-refractivity contribution in [3.8, 4) is 52.4 Å². The Hall–Kier alpha value is -14.3. The van der Waals surface area contributed by atoms with Crippen LogP contribution < -0.4 is 23.7 Å². The van der Waals surface area contributed by atoms with Crippen LogP contribution >= 0.6 is 47.0 Å². The van der Waals surface area contributed by atoms with Gasteiger partial charge < -0.3 is 81.6 Å². The number of phenols is 2. The molecule has 10 rings (SSSR count). The smallest absolute Gasteiger partial charge is 0.330 e. The highest BCUT2D eigenvalue weighted by atomic mass is 32.2. The number of ether oxygens (including phenoxy) is 14. The second kappa shape index (κ2) is 59.9. The lowest BCUT2D eigenvalue weighted by molar-refractivity contribution is -0.154. The Bertz CT molecular complexity index is 5520. The van der Waals surface area contributed by atoms with Crippen LogP contribution in [0, 0.1) is 87.6 Å². The molecule has 780 valence electrons. The maximum atomic E-state index is 13.7. The van der Waals surface area contributed by atoms with Crippen LogP contribution in [0.4, 0.5) is 4.70 Å². The summed E-state index contributed by atoms with van der Waals surface area (Å²) in [7, 11) is 0. The van der Waals surface area contributed by atoms with E-state index in [0.717, 1.165) is 82.0 Å². The van der Waals surface area contributed by atoms with E-state index in [2.05, 4.69) is 29.4 Å². The summed E-state index contributed by atoms with van der Waals surface area (Å²) in [6, 6.07) is 29.8. The molecule has 0 spiro atoms. The van der Waals surface area contributed by atoms with Crippen molar-refractivity contribution in [2.45, 2.75) is 203 Å². The summed E-state index contributed by atoms with van der Waals surface area (Å²) in [6.07, 6.45) is 8.14. The molecule has 3 saturated carbocycles. The maximum absolute atomic E-state index is 13.7. The molecule has 41 heteroatoms. The van der Waals surface area contributed by atoms with Crippen LogP contribution in [0.3, 0.4) is 0 Å². The van der Waals surface area contributed by atoms with Gasteiger partial charge in [-0.3, -0.25) is 62.2 Å². The maximum Gasteiger partial charge on any atom is 0.330 e. The van der Waals surface area contributed by atoms with E-state index in [0.29, 0.717) is 142 Å². The average Bonchev–Trinajstić information content (AvgIpc) is 1.62. The van der Waals surface area contributed by atoms with E-state index in [1.165, 1.54) is 24.3 Å². The Kier molecular flexibility index (Phi) is 49.4. The SMILES string of the molecule is C.C=CC(=O)OCC(C)(C)COC(=O)CCC(=O)OCCc1ccc(OC(=O)C2CCC(C(=O)O)CC2)cc1.F.[C-]#[N+]C(C#N)=C1Sc2c(O)ccc(O)c2S1.[C-]#[N+]C(C#N)=C1Sc2c(OC(=O)C3CCC(C(=O)Oc4ccc(CCOC(=O)CCC(=O)OCC(C)(C)COC(=O)C=C)cc4)CC3)ccc(OC(=O)C3CCC(C(=O)Oc4ccc(CCOC(=O)CCC(=O)OCC(C)(C)COC(=O)C=C)cc4)CC3)c2S1. The van der Waals surface area contributed by atoms with Crippen LogP contribution in [0.1, 0.15) is 181 Å². The molecule has 2 aliphatic heterocycles. The third-order valence-electron chi connectivity index (χ3n) is 22.5. The molecule has 0 bridgehead atoms. The van der Waals surface area contributed by atoms with E-state index in [-0.39, 0.29) is 162 Å². The van der Waals surface area contributed by atoms with Gasteiger partial charge in [0.05, 0.1) is 187 Å². The van der Waals surface area contributed by atoms with Gasteiger partial charge in [-0.15, -0.1) is 0 Å². The Morgan fingerprint density at radius 2 is 0.582 bits per heavy atom. The summed E-state index contributed by atoms with van der Waals surface area (Å²) in [4.78, 5) is 192. The average molecular weight is 2090 g/mol. The van der Waals surface area contributed by atoms with Gasteiger partial charge in [0.15, 0.2) is 0 Å². The Balaban J connectivity index is 0.000000472. The minimum atomic E-state index is -0.817. The van der Waals surface area contributed by atoms with Crippen molar-refractivity contribution in [3.63, 3.8) is 0 Å². The fraction of sp³-hybridized carbons (Fsp3) is 0.438. The highest BCUT2D eigenvalue weighted by molar-refractivity contribution is 8.25. The summed E-state index contributed by atoms with van der Waals surface area (Å²) in [5, 5.41) is 46.7. The van der Waals surface area contributed by atoms with Gasteiger partial charge in [0.1, 0.15) is 40.2 Å². The zero-order valence-electron chi connectivity index (χ0n) is 80.8. The largest absolute Gasteiger partial charge is 0.507 e. The van der Waals surface area contributed by atoms with Gasteiger partial charge in [-0.05, 0) is 154 Å². The van der Waals surface area contributed by atoms with Gasteiger partial charge in [0.25, 0.3) is 11.4 Å². The number of fused-ring (bicyclic) bond motifs is 2. The Morgan fingerprint density at radius 1 is 0.356 bits per heavy atom. The van der Waals surface area contributed by atoms with Crippen molar-refractivity contribution in [1.82, 2.24) is 0 Å². The van der Waals surface area contributed by atoms with E-state index in [4.69, 9.17) is 89.8 Å². The number of aliphatic carboxylic acids is 1. The van der Waals surface area contributed by atoms with Crippen molar-refractivity contribution in [1.29, 1.82) is 10.5 Å². The number of hydrogen-bond acceptors (Lipinski definition) is 37. The number of carboxylic acids is 1. The number of hydrogen-bond donors (Lipinski definition) is 3. The van der Waals surface area contributed by atoms with E-state index in [1.54, 1.807) is 120 Å². The number of phenolic OH excluding ortho intramolecular Hbond substituents is 2. The fourth-order valence-electron chi connectivity index (χ4n) is 14.1. The number of allylic oxidation sites excluding steroid dienone is 2. The molecule has 0 radical (unpaired) electrons. The molecule has 0 atom stereocenters. The molecule has 5 aliphatic rings. The third-order valence-corrected chi connectivity index (χ3v) is 27.7. The lowest BCUT2D eigenvalue weighted by Crippen LogP contribution is -2.30. The van der Waals surface area contributed by atoms with E-state index in [1.807, 2.05) is 6.07 Å². The van der Waals surface area contributed by atoms with Crippen LogP contribution in [0.25, 0.3) is 9.69 Å². The van der Waals surface area contributed by atoms with Crippen molar-refractivity contribution < 1.29 is 158 Å². The number of nitriles is 2. The number of halogens is 1. The van der Waals surface area contributed by atoms with Gasteiger partial charge in [0, 0.05) is 53.7 Å². The zero-order valence-corrected chi connectivity index (χ0v) is 84.0. The predicted octanol–water partition coefficient (Wildman–Crippen LogP) is 17.8. The number of carbonyl (C=O) groups excluding carboxylic acids is 14. The summed E-state index contributed by atoms with van der Waals surface area (Å²) >= 11 is 4.38. The monoisotopic (exact) mass is 2090 g/mol. The van der Waals surface area contributed by atoms with Crippen LogP contribution in [-0.2, 0) is 134 Å². The van der Waals surface area contributed by atoms with Crippen LogP contribution in [-0.4, -0.2) is 164 Å². The van der Waals surface area contributed by atoms with E-state index >= 15 is 0 Å². The van der Waals surface area contributed by atoms with Gasteiger partial charge in [-0.2, -0.15) is 0 Å². The molecule has 3 fully saturated rings. The minimum absolute atomic E-state index is 0. The van der Waals surface area contributed by atoms with Crippen LogP contribution in [0.15, 0.2) is 174 Å². The Labute approximate surface area is 861 Å². The third kappa shape index (κ3) is 40.4. The van der Waals surface area contributed by atoms with Crippen molar-refractivity contribution in [2.24, 2.45) is 51.8 Å². The first kappa shape index (κ1) is 120. The topological polar surface area (TPSA) is 502 Å². The lowest BCUT2D eigenvalue weighted by Gasteiger charge is -2.26. The lowest BCUT2D eigenvalue weighted by atomic mass is 9.82. The van der Waals surface area contributed by atoms with Gasteiger partial charge in [-0.25, -0.2) is 34.6 Å². The van der Waals surface area contributed by atoms with Gasteiger partial charge in [-0.1, -0.05) is 152 Å². The van der Waals surface area contributed by atoms with Crippen LogP contribution in [0.2, 0.25) is 0 Å². The molecule has 2 heterocycles. The molecule has 0 amide bonds. The molecule has 3 N–H and O–H groups in total. The fourth-order valence-corrected chi connectivity index (χ4v) is 19.0. The van der Waals surface area contributed by atoms with E-state index in [9.17, 15) is 87.4 Å². The van der Waals surface area contributed by atoms with Crippen molar-refractivity contribution >= 4 is 137 Å². The first-order valence-electron chi connectivity index (χ1n) is 46.0.